The molecule has 0 radical (unpaired) electrons. The number of nitrogens with zero attached hydrogens (tertiary/aromatic N) is 1. The average Bonchev–Trinajstić information content (AvgIpc) is 2.47. The van der Waals surface area contributed by atoms with Gasteiger partial charge < -0.3 is 5.32 Å². The van der Waals surface area contributed by atoms with Gasteiger partial charge in [-0.25, -0.2) is 0 Å². The van der Waals surface area contributed by atoms with E-state index in [2.05, 4.69) is 31.1 Å². The lowest BCUT2D eigenvalue weighted by Crippen LogP contribution is -2.58. The standard InChI is InChI=1S/C17H26N2O/c1-5-17(3,15-12-18-10-11-19(15)4)16(20)14-8-6-13(2)7-9-14/h6-9,15,18H,5,10-12H2,1-4H3. The molecule has 1 fully saturated rings. The van der Waals surface area contributed by atoms with Crippen molar-refractivity contribution in [3.05, 3.63) is 35.4 Å². The highest BCUT2D eigenvalue weighted by Gasteiger charge is 2.42. The third kappa shape index (κ3) is 2.79. The van der Waals surface area contributed by atoms with Crippen molar-refractivity contribution in [3.63, 3.8) is 0 Å². The zero-order valence-corrected chi connectivity index (χ0v) is 13.1. The maximum Gasteiger partial charge on any atom is 0.170 e. The Labute approximate surface area is 122 Å². The molecule has 0 spiro atoms. The van der Waals surface area contributed by atoms with Crippen LogP contribution in [0.5, 0.6) is 0 Å². The molecule has 1 aliphatic rings. The van der Waals surface area contributed by atoms with Crippen LogP contribution in [0.2, 0.25) is 0 Å². The van der Waals surface area contributed by atoms with Gasteiger partial charge in [0.2, 0.25) is 0 Å². The highest BCUT2D eigenvalue weighted by Crippen LogP contribution is 2.34. The summed E-state index contributed by atoms with van der Waals surface area (Å²) < 4.78 is 0. The minimum absolute atomic E-state index is 0.259. The van der Waals surface area contributed by atoms with E-state index < -0.39 is 0 Å². The molecule has 1 saturated heterocycles. The fourth-order valence-corrected chi connectivity index (χ4v) is 3.10. The molecule has 2 unspecified atom stereocenters. The third-order valence-electron chi connectivity index (χ3n) is 4.81. The lowest BCUT2D eigenvalue weighted by atomic mass is 9.72. The Hall–Kier alpha value is -1.19. The summed E-state index contributed by atoms with van der Waals surface area (Å²) >= 11 is 0. The first kappa shape index (κ1) is 15.2. The number of piperazine rings is 1. The van der Waals surface area contributed by atoms with Crippen LogP contribution in [0, 0.1) is 12.3 Å². The minimum Gasteiger partial charge on any atom is -0.314 e. The molecule has 2 atom stereocenters. The van der Waals surface area contributed by atoms with Crippen LogP contribution in [-0.4, -0.2) is 43.4 Å². The number of hydrogen-bond donors (Lipinski definition) is 1. The van der Waals surface area contributed by atoms with Crippen LogP contribution >= 0.6 is 0 Å². The molecular formula is C17H26N2O. The molecule has 110 valence electrons. The number of ketones is 1. The van der Waals surface area contributed by atoms with Gasteiger partial charge in [0.15, 0.2) is 5.78 Å². The van der Waals surface area contributed by atoms with Crippen molar-refractivity contribution in [1.82, 2.24) is 10.2 Å². The molecule has 3 heteroatoms. The number of rotatable bonds is 4. The second kappa shape index (κ2) is 6.06. The van der Waals surface area contributed by atoms with Crippen molar-refractivity contribution in [1.29, 1.82) is 0 Å². The maximum atomic E-state index is 13.0. The summed E-state index contributed by atoms with van der Waals surface area (Å²) in [6.07, 6.45) is 0.858. The number of likely N-dealkylation sites (N-methyl/N-ethyl adjacent to an activating group) is 1. The van der Waals surface area contributed by atoms with Crippen molar-refractivity contribution >= 4 is 5.78 Å². The van der Waals surface area contributed by atoms with Gasteiger partial charge in [-0.15, -0.1) is 0 Å². The van der Waals surface area contributed by atoms with Gasteiger partial charge in [-0.05, 0) is 20.4 Å². The van der Waals surface area contributed by atoms with E-state index in [0.717, 1.165) is 31.6 Å². The first-order valence-electron chi connectivity index (χ1n) is 7.51. The van der Waals surface area contributed by atoms with Crippen LogP contribution in [0.1, 0.15) is 36.2 Å². The Bertz CT molecular complexity index is 468. The van der Waals surface area contributed by atoms with Crippen LogP contribution in [0.3, 0.4) is 0 Å². The zero-order valence-electron chi connectivity index (χ0n) is 13.1. The van der Waals surface area contributed by atoms with Crippen molar-refractivity contribution in [2.45, 2.75) is 33.2 Å². The van der Waals surface area contributed by atoms with Crippen LogP contribution in [0.15, 0.2) is 24.3 Å². The second-order valence-electron chi connectivity index (χ2n) is 6.17. The quantitative estimate of drug-likeness (QED) is 0.856. The van der Waals surface area contributed by atoms with Gasteiger partial charge in [-0.3, -0.25) is 9.69 Å². The Morgan fingerprint density at radius 1 is 1.40 bits per heavy atom. The van der Waals surface area contributed by atoms with E-state index in [1.165, 1.54) is 5.56 Å². The Morgan fingerprint density at radius 2 is 2.05 bits per heavy atom. The van der Waals surface area contributed by atoms with Crippen LogP contribution in [0.4, 0.5) is 0 Å². The first-order chi connectivity index (χ1) is 9.49. The van der Waals surface area contributed by atoms with Gasteiger partial charge in [0.1, 0.15) is 0 Å². The Balaban J connectivity index is 2.29. The summed E-state index contributed by atoms with van der Waals surface area (Å²) in [5.41, 5.74) is 1.69. The second-order valence-corrected chi connectivity index (χ2v) is 6.17. The van der Waals surface area contributed by atoms with E-state index in [9.17, 15) is 4.79 Å². The average molecular weight is 274 g/mol. The fraction of sp³-hybridized carbons (Fsp3) is 0.588. The number of carbonyl (C=O) groups excluding carboxylic acids is 1. The number of nitrogens with one attached hydrogen (secondary N) is 1. The molecule has 20 heavy (non-hydrogen) atoms. The van der Waals surface area contributed by atoms with Crippen molar-refractivity contribution < 1.29 is 4.79 Å². The predicted octanol–water partition coefficient (Wildman–Crippen LogP) is 2.50. The zero-order chi connectivity index (χ0) is 14.8. The molecule has 3 nitrogen and oxygen atoms in total. The summed E-state index contributed by atoms with van der Waals surface area (Å²) in [5, 5.41) is 3.43. The normalized spacial score (nSPS) is 23.3. The minimum atomic E-state index is -0.336. The topological polar surface area (TPSA) is 32.3 Å². The van der Waals surface area contributed by atoms with Gasteiger partial charge in [0.25, 0.3) is 0 Å². The van der Waals surface area contributed by atoms with E-state index in [0.29, 0.717) is 0 Å². The van der Waals surface area contributed by atoms with Crippen LogP contribution < -0.4 is 5.32 Å². The molecular weight excluding hydrogens is 248 g/mol. The lowest BCUT2D eigenvalue weighted by molar-refractivity contribution is 0.0487. The Kier molecular flexibility index (Phi) is 4.61. The summed E-state index contributed by atoms with van der Waals surface area (Å²) in [6.45, 7) is 9.18. The van der Waals surface area contributed by atoms with E-state index >= 15 is 0 Å². The van der Waals surface area contributed by atoms with Gasteiger partial charge >= 0.3 is 0 Å². The molecule has 1 aliphatic heterocycles. The number of hydrogen-bond acceptors (Lipinski definition) is 3. The highest BCUT2D eigenvalue weighted by molar-refractivity contribution is 6.00. The van der Waals surface area contributed by atoms with Gasteiger partial charge in [-0.1, -0.05) is 43.7 Å². The molecule has 0 aromatic heterocycles. The number of Topliss-reactive ketones (excluding diaryl/α,β-unsaturated/α-hetero) is 1. The number of aryl methyl sites for hydroxylation is 1. The summed E-state index contributed by atoms with van der Waals surface area (Å²) in [6, 6.07) is 8.22. The van der Waals surface area contributed by atoms with Crippen molar-refractivity contribution in [2.75, 3.05) is 26.7 Å². The molecule has 2 rings (SSSR count). The molecule has 1 N–H and O–H groups in total. The SMILES string of the molecule is CCC(C)(C(=O)c1ccc(C)cc1)C1CNCCN1C. The first-order valence-corrected chi connectivity index (χ1v) is 7.51. The predicted molar refractivity (Wildman–Crippen MR) is 83.2 cm³/mol. The monoisotopic (exact) mass is 274 g/mol. The summed E-state index contributed by atoms with van der Waals surface area (Å²) in [7, 11) is 2.13. The smallest absolute Gasteiger partial charge is 0.170 e. The third-order valence-corrected chi connectivity index (χ3v) is 4.81. The van der Waals surface area contributed by atoms with Crippen LogP contribution in [0.25, 0.3) is 0 Å². The molecule has 1 aromatic rings. The Morgan fingerprint density at radius 3 is 2.60 bits per heavy atom. The highest BCUT2D eigenvalue weighted by atomic mass is 16.1. The van der Waals surface area contributed by atoms with Crippen molar-refractivity contribution in [2.24, 2.45) is 5.41 Å². The van der Waals surface area contributed by atoms with E-state index in [-0.39, 0.29) is 17.2 Å². The van der Waals surface area contributed by atoms with Gasteiger partial charge in [0, 0.05) is 36.7 Å². The summed E-state index contributed by atoms with van der Waals surface area (Å²) in [4.78, 5) is 15.3. The van der Waals surface area contributed by atoms with E-state index in [4.69, 9.17) is 0 Å². The number of benzene rings is 1. The van der Waals surface area contributed by atoms with E-state index in [1.54, 1.807) is 0 Å². The summed E-state index contributed by atoms with van der Waals surface area (Å²) in [5.74, 6) is 0.264. The lowest BCUT2D eigenvalue weighted by Gasteiger charge is -2.44. The molecule has 0 amide bonds. The molecule has 1 aromatic carbocycles. The number of carbonyl (C=O) groups is 1. The van der Waals surface area contributed by atoms with Gasteiger partial charge in [0.05, 0.1) is 0 Å². The van der Waals surface area contributed by atoms with Crippen LogP contribution in [-0.2, 0) is 0 Å². The molecule has 0 saturated carbocycles. The van der Waals surface area contributed by atoms with Crippen molar-refractivity contribution in [3.8, 4) is 0 Å². The molecule has 1 heterocycles. The van der Waals surface area contributed by atoms with E-state index in [1.807, 2.05) is 31.2 Å². The fourth-order valence-electron chi connectivity index (χ4n) is 3.10. The molecule has 0 aliphatic carbocycles. The largest absolute Gasteiger partial charge is 0.314 e. The maximum absolute atomic E-state index is 13.0. The molecule has 0 bridgehead atoms. The van der Waals surface area contributed by atoms with Gasteiger partial charge in [-0.2, -0.15) is 0 Å².